The maximum absolute atomic E-state index is 10.9. The maximum atomic E-state index is 10.9. The fourth-order valence-corrected chi connectivity index (χ4v) is 0.967. The van der Waals surface area contributed by atoms with Gasteiger partial charge in [0.15, 0.2) is 0 Å². The summed E-state index contributed by atoms with van der Waals surface area (Å²) in [5.74, 6) is -0.541. The fraction of sp³-hybridized carbons (Fsp3) is 0.200. The van der Waals surface area contributed by atoms with E-state index in [-0.39, 0.29) is 12.3 Å². The van der Waals surface area contributed by atoms with Gasteiger partial charge in [0.1, 0.15) is 6.21 Å². The molecule has 0 bridgehead atoms. The molecule has 0 aliphatic rings. The van der Waals surface area contributed by atoms with Crippen molar-refractivity contribution in [2.24, 2.45) is 4.99 Å². The molecule has 0 heterocycles. The molecule has 6 heteroatoms. The summed E-state index contributed by atoms with van der Waals surface area (Å²) in [5, 5.41) is 10.4. The molecule has 0 N–H and O–H groups in total. The van der Waals surface area contributed by atoms with Crippen LogP contribution in [-0.2, 0) is 9.53 Å². The van der Waals surface area contributed by atoms with E-state index >= 15 is 0 Å². The molecule has 0 aliphatic carbocycles. The van der Waals surface area contributed by atoms with Crippen molar-refractivity contribution in [1.29, 1.82) is 0 Å². The Bertz CT molecular complexity index is 411. The van der Waals surface area contributed by atoms with Crippen molar-refractivity contribution >= 4 is 23.6 Å². The summed E-state index contributed by atoms with van der Waals surface area (Å²) >= 11 is 0. The van der Waals surface area contributed by atoms with Crippen LogP contribution in [0.3, 0.4) is 0 Å². The molecule has 84 valence electrons. The van der Waals surface area contributed by atoms with Crippen LogP contribution in [0, 0.1) is 10.1 Å². The van der Waals surface area contributed by atoms with Crippen molar-refractivity contribution in [3.63, 3.8) is 0 Å². The summed E-state index contributed by atoms with van der Waals surface area (Å²) in [6.45, 7) is 1.97. The van der Waals surface area contributed by atoms with Gasteiger partial charge in [-0.05, 0) is 19.1 Å². The summed E-state index contributed by atoms with van der Waals surface area (Å²) in [6.07, 6.45) is 1.03. The van der Waals surface area contributed by atoms with Gasteiger partial charge in [-0.1, -0.05) is 0 Å². The van der Waals surface area contributed by atoms with Crippen LogP contribution in [-0.4, -0.2) is 23.7 Å². The number of non-ortho nitro benzene ring substituents is 1. The van der Waals surface area contributed by atoms with E-state index in [1.54, 1.807) is 6.92 Å². The second kappa shape index (κ2) is 5.59. The number of nitrogens with zero attached hydrogens (tertiary/aromatic N) is 2. The molecule has 6 nitrogen and oxygen atoms in total. The number of nitro benzene ring substituents is 1. The number of hydrogen-bond donors (Lipinski definition) is 0. The number of benzene rings is 1. The highest BCUT2D eigenvalue weighted by atomic mass is 16.6. The van der Waals surface area contributed by atoms with Crippen LogP contribution in [0.1, 0.15) is 6.92 Å². The molecule has 0 atom stereocenters. The fourth-order valence-electron chi connectivity index (χ4n) is 0.967. The molecule has 1 rings (SSSR count). The van der Waals surface area contributed by atoms with Gasteiger partial charge in [-0.3, -0.25) is 10.1 Å². The van der Waals surface area contributed by atoms with Crippen LogP contribution in [0.4, 0.5) is 11.4 Å². The van der Waals surface area contributed by atoms with Crippen LogP contribution < -0.4 is 0 Å². The third-order valence-corrected chi connectivity index (χ3v) is 1.67. The summed E-state index contributed by atoms with van der Waals surface area (Å²) in [7, 11) is 0. The van der Waals surface area contributed by atoms with E-state index in [1.165, 1.54) is 24.3 Å². The topological polar surface area (TPSA) is 81.8 Å². The second-order valence-electron chi connectivity index (χ2n) is 2.78. The Morgan fingerprint density at radius 3 is 2.62 bits per heavy atom. The maximum Gasteiger partial charge on any atom is 0.349 e. The number of nitro groups is 1. The lowest BCUT2D eigenvalue weighted by Gasteiger charge is -1.95. The molecule has 0 saturated heterocycles. The summed E-state index contributed by atoms with van der Waals surface area (Å²) in [5.41, 5.74) is 0.439. The highest BCUT2D eigenvalue weighted by molar-refractivity contribution is 6.23. The number of ether oxygens (including phenoxy) is 1. The molecule has 0 aliphatic heterocycles. The monoisotopic (exact) mass is 222 g/mol. The van der Waals surface area contributed by atoms with Gasteiger partial charge in [-0.25, -0.2) is 9.79 Å². The predicted molar refractivity (Wildman–Crippen MR) is 57.9 cm³/mol. The molecule has 1 aromatic carbocycles. The van der Waals surface area contributed by atoms with Crippen LogP contribution in [0.15, 0.2) is 29.3 Å². The Labute approximate surface area is 91.7 Å². The van der Waals surface area contributed by atoms with E-state index in [1.807, 2.05) is 0 Å². The van der Waals surface area contributed by atoms with Crippen molar-refractivity contribution in [3.8, 4) is 0 Å². The second-order valence-corrected chi connectivity index (χ2v) is 2.78. The third kappa shape index (κ3) is 3.49. The highest BCUT2D eigenvalue weighted by Crippen LogP contribution is 2.17. The molecular formula is C10H10N2O4. The van der Waals surface area contributed by atoms with Gasteiger partial charge < -0.3 is 4.74 Å². The Hall–Kier alpha value is -2.24. The van der Waals surface area contributed by atoms with Crippen molar-refractivity contribution in [2.45, 2.75) is 6.92 Å². The van der Waals surface area contributed by atoms with Gasteiger partial charge in [0.25, 0.3) is 5.69 Å². The van der Waals surface area contributed by atoms with Crippen LogP contribution >= 0.6 is 0 Å². The number of rotatable bonds is 4. The average Bonchev–Trinajstić information content (AvgIpc) is 2.27. The first-order valence-electron chi connectivity index (χ1n) is 4.58. The minimum Gasteiger partial charge on any atom is -0.462 e. The normalized spacial score (nSPS) is 10.3. The zero-order valence-electron chi connectivity index (χ0n) is 8.62. The Kier molecular flexibility index (Phi) is 4.14. The van der Waals surface area contributed by atoms with Gasteiger partial charge >= 0.3 is 5.97 Å². The Balaban J connectivity index is 2.68. The van der Waals surface area contributed by atoms with Gasteiger partial charge in [0, 0.05) is 12.1 Å². The summed E-state index contributed by atoms with van der Waals surface area (Å²) in [4.78, 5) is 24.6. The van der Waals surface area contributed by atoms with Crippen LogP contribution in [0.2, 0.25) is 0 Å². The number of aliphatic imine (C=N–C) groups is 1. The van der Waals surface area contributed by atoms with E-state index in [0.717, 1.165) is 6.21 Å². The van der Waals surface area contributed by atoms with E-state index in [4.69, 9.17) is 0 Å². The first kappa shape index (κ1) is 11.8. The molecule has 0 unspecified atom stereocenters. The molecule has 0 saturated carbocycles. The number of esters is 1. The predicted octanol–water partition coefficient (Wildman–Crippen LogP) is 1.86. The van der Waals surface area contributed by atoms with Crippen LogP contribution in [0.5, 0.6) is 0 Å². The van der Waals surface area contributed by atoms with Gasteiger partial charge in [0.05, 0.1) is 17.2 Å². The lowest BCUT2D eigenvalue weighted by molar-refractivity contribution is -0.384. The van der Waals surface area contributed by atoms with E-state index in [2.05, 4.69) is 9.73 Å². The first-order valence-corrected chi connectivity index (χ1v) is 4.58. The lowest BCUT2D eigenvalue weighted by atomic mass is 10.3. The summed E-state index contributed by atoms with van der Waals surface area (Å²) < 4.78 is 4.63. The molecule has 0 fully saturated rings. The van der Waals surface area contributed by atoms with E-state index in [9.17, 15) is 14.9 Å². The average molecular weight is 222 g/mol. The van der Waals surface area contributed by atoms with Crippen molar-refractivity contribution in [2.75, 3.05) is 6.61 Å². The minimum atomic E-state index is -0.541. The number of carbonyl (C=O) groups is 1. The van der Waals surface area contributed by atoms with Gasteiger partial charge in [-0.2, -0.15) is 0 Å². The molecule has 0 amide bonds. The smallest absolute Gasteiger partial charge is 0.349 e. The SMILES string of the molecule is CCOC(=O)C=Nc1ccc([N+](=O)[O-])cc1. The highest BCUT2D eigenvalue weighted by Gasteiger charge is 2.03. The van der Waals surface area contributed by atoms with Gasteiger partial charge in [0.2, 0.25) is 0 Å². The lowest BCUT2D eigenvalue weighted by Crippen LogP contribution is -2.04. The van der Waals surface area contributed by atoms with Gasteiger partial charge in [-0.15, -0.1) is 0 Å². The van der Waals surface area contributed by atoms with E-state index < -0.39 is 10.9 Å². The Morgan fingerprint density at radius 1 is 1.50 bits per heavy atom. The quantitative estimate of drug-likeness (QED) is 0.337. The molecule has 0 radical (unpaired) electrons. The summed E-state index contributed by atoms with van der Waals surface area (Å²) in [6, 6.07) is 5.54. The Morgan fingerprint density at radius 2 is 2.12 bits per heavy atom. The molecular weight excluding hydrogens is 212 g/mol. The minimum absolute atomic E-state index is 0.0184. The molecule has 0 spiro atoms. The zero-order chi connectivity index (χ0) is 12.0. The van der Waals surface area contributed by atoms with E-state index in [0.29, 0.717) is 5.69 Å². The van der Waals surface area contributed by atoms with Crippen molar-refractivity contribution < 1.29 is 14.5 Å². The van der Waals surface area contributed by atoms with Crippen molar-refractivity contribution in [1.82, 2.24) is 0 Å². The van der Waals surface area contributed by atoms with Crippen molar-refractivity contribution in [3.05, 3.63) is 34.4 Å². The zero-order valence-corrected chi connectivity index (χ0v) is 8.62. The molecule has 16 heavy (non-hydrogen) atoms. The standard InChI is InChI=1S/C10H10N2O4/c1-2-16-10(13)7-11-8-3-5-9(6-4-8)12(14)15/h3-7H,2H2,1H3. The number of hydrogen-bond acceptors (Lipinski definition) is 5. The molecule has 1 aromatic rings. The third-order valence-electron chi connectivity index (χ3n) is 1.67. The largest absolute Gasteiger partial charge is 0.462 e. The van der Waals surface area contributed by atoms with Crippen LogP contribution in [0.25, 0.3) is 0 Å². The number of carbonyl (C=O) groups excluding carboxylic acids is 1. The first-order chi connectivity index (χ1) is 7.63. The molecule has 0 aromatic heterocycles.